The normalized spacial score (nSPS) is 10.2. The molecule has 3 N–H and O–H groups in total. The zero-order chi connectivity index (χ0) is 19.9. The lowest BCUT2D eigenvalue weighted by atomic mass is 10.0. The number of nitrogens with one attached hydrogen (secondary N) is 1. The summed E-state index contributed by atoms with van der Waals surface area (Å²) in [5.41, 5.74) is 4.93. The first-order valence-electron chi connectivity index (χ1n) is 8.42. The molecule has 0 aliphatic carbocycles. The van der Waals surface area contributed by atoms with Crippen LogP contribution in [0.5, 0.6) is 0 Å². The van der Waals surface area contributed by atoms with E-state index in [4.69, 9.17) is 5.73 Å². The number of Topliss-reactive ketones (excluding diaryl/α,β-unsaturated/α-hetero) is 4. The Morgan fingerprint density at radius 2 is 0.962 bits per heavy atom. The van der Waals surface area contributed by atoms with Crippen LogP contribution < -0.4 is 11.1 Å². The second kappa shape index (κ2) is 14.3. The maximum Gasteiger partial charge on any atom is 0.230 e. The highest BCUT2D eigenvalue weighted by atomic mass is 79.9. The number of rotatable bonds is 16. The van der Waals surface area contributed by atoms with Gasteiger partial charge in [-0.25, -0.2) is 0 Å². The summed E-state index contributed by atoms with van der Waals surface area (Å²) in [6, 6.07) is 0. The molecule has 0 saturated heterocycles. The molecule has 0 aliphatic heterocycles. The van der Waals surface area contributed by atoms with Crippen LogP contribution in [0, 0.1) is 0 Å². The van der Waals surface area contributed by atoms with Crippen molar-refractivity contribution in [3.8, 4) is 0 Å². The molecule has 0 spiro atoms. The van der Waals surface area contributed by atoms with E-state index in [1.165, 1.54) is 0 Å². The van der Waals surface area contributed by atoms with Crippen molar-refractivity contribution in [3.05, 3.63) is 0 Å². The molecule has 0 aromatic rings. The third-order valence-electron chi connectivity index (χ3n) is 3.55. The van der Waals surface area contributed by atoms with Crippen molar-refractivity contribution in [1.82, 2.24) is 5.32 Å². The lowest BCUT2D eigenvalue weighted by molar-refractivity contribution is -0.127. The Labute approximate surface area is 160 Å². The predicted molar refractivity (Wildman–Crippen MR) is 97.6 cm³/mol. The van der Waals surface area contributed by atoms with Gasteiger partial charge in [0.15, 0.2) is 0 Å². The van der Waals surface area contributed by atoms with E-state index in [1.807, 2.05) is 0 Å². The molecular weight excluding hydrogens is 408 g/mol. The Hall–Kier alpha value is -1.90. The first-order chi connectivity index (χ1) is 12.2. The van der Waals surface area contributed by atoms with E-state index < -0.39 is 5.91 Å². The number of primary amides is 1. The number of ketones is 4. The smallest absolute Gasteiger partial charge is 0.230 e. The fourth-order valence-electron chi connectivity index (χ4n) is 1.99. The first-order valence-corrected chi connectivity index (χ1v) is 9.54. The number of nitrogens with two attached hydrogens (primary N) is 1. The van der Waals surface area contributed by atoms with Crippen LogP contribution >= 0.6 is 15.9 Å². The molecule has 0 fully saturated rings. The van der Waals surface area contributed by atoms with E-state index in [2.05, 4.69) is 21.2 Å². The molecule has 0 aromatic carbocycles. The molecule has 0 bridgehead atoms. The Morgan fingerprint density at radius 3 is 1.31 bits per heavy atom. The van der Waals surface area contributed by atoms with Crippen molar-refractivity contribution in [1.29, 1.82) is 0 Å². The number of hydrogen-bond donors (Lipinski definition) is 2. The highest BCUT2D eigenvalue weighted by Gasteiger charge is 2.12. The maximum absolute atomic E-state index is 11.7. The fourth-order valence-corrected chi connectivity index (χ4v) is 2.19. The summed E-state index contributed by atoms with van der Waals surface area (Å²) < 4.78 is 0. The minimum Gasteiger partial charge on any atom is -0.370 e. The van der Waals surface area contributed by atoms with Gasteiger partial charge < -0.3 is 11.1 Å². The van der Waals surface area contributed by atoms with E-state index >= 15 is 0 Å². The van der Waals surface area contributed by atoms with E-state index in [-0.39, 0.29) is 98.7 Å². The van der Waals surface area contributed by atoms with Gasteiger partial charge >= 0.3 is 0 Å². The zero-order valence-corrected chi connectivity index (χ0v) is 16.3. The highest BCUT2D eigenvalue weighted by Crippen LogP contribution is 2.06. The molecule has 26 heavy (non-hydrogen) atoms. The van der Waals surface area contributed by atoms with Crippen molar-refractivity contribution in [2.24, 2.45) is 5.73 Å². The van der Waals surface area contributed by atoms with Crippen LogP contribution in [0.2, 0.25) is 0 Å². The van der Waals surface area contributed by atoms with Crippen LogP contribution in [-0.2, 0) is 28.8 Å². The fraction of sp³-hybridized carbons (Fsp3) is 0.647. The van der Waals surface area contributed by atoms with Gasteiger partial charge in [0.25, 0.3) is 0 Å². The van der Waals surface area contributed by atoms with Gasteiger partial charge in [0.05, 0.1) is 5.33 Å². The average molecular weight is 433 g/mol. The zero-order valence-electron chi connectivity index (χ0n) is 14.7. The van der Waals surface area contributed by atoms with Gasteiger partial charge in [-0.2, -0.15) is 0 Å². The molecule has 8 nitrogen and oxygen atoms in total. The van der Waals surface area contributed by atoms with Crippen LogP contribution in [0.15, 0.2) is 0 Å². The predicted octanol–water partition coefficient (Wildman–Crippen LogP) is 0.770. The summed E-state index contributed by atoms with van der Waals surface area (Å²) in [6.07, 6.45) is 0.478. The summed E-state index contributed by atoms with van der Waals surface area (Å²) in [5, 5.41) is 2.71. The second-order valence-electron chi connectivity index (χ2n) is 5.85. The van der Waals surface area contributed by atoms with E-state index in [0.29, 0.717) is 0 Å². The van der Waals surface area contributed by atoms with Gasteiger partial charge in [-0.05, 0) is 0 Å². The molecule has 0 heterocycles. The summed E-state index contributed by atoms with van der Waals surface area (Å²) >= 11 is 2.99. The van der Waals surface area contributed by atoms with Crippen molar-refractivity contribution in [3.63, 3.8) is 0 Å². The second-order valence-corrected chi connectivity index (χ2v) is 6.42. The van der Waals surface area contributed by atoms with Gasteiger partial charge in [-0.15, -0.1) is 0 Å². The number of amides is 2. The molecule has 0 aromatic heterocycles. The number of alkyl halides is 1. The number of carbonyl (C=O) groups is 6. The molecule has 2 amide bonds. The molecule has 0 radical (unpaired) electrons. The minimum atomic E-state index is -0.560. The van der Waals surface area contributed by atoms with Crippen LogP contribution in [-0.4, -0.2) is 46.8 Å². The third-order valence-corrected chi connectivity index (χ3v) is 4.05. The van der Waals surface area contributed by atoms with Crippen molar-refractivity contribution in [2.45, 2.75) is 57.8 Å². The van der Waals surface area contributed by atoms with Gasteiger partial charge in [0.1, 0.15) is 23.1 Å². The SMILES string of the molecule is NC(=O)CCC(=O)CCC(=O)CCC(=O)CCC(=O)CCNC(=O)CBr. The van der Waals surface area contributed by atoms with E-state index in [9.17, 15) is 28.8 Å². The topological polar surface area (TPSA) is 140 Å². The lowest BCUT2D eigenvalue weighted by Gasteiger charge is -2.03. The summed E-state index contributed by atoms with van der Waals surface area (Å²) in [4.78, 5) is 67.9. The molecule has 0 unspecified atom stereocenters. The van der Waals surface area contributed by atoms with Crippen LogP contribution in [0.1, 0.15) is 57.8 Å². The molecule has 0 atom stereocenters. The molecule has 9 heteroatoms. The third kappa shape index (κ3) is 14.4. The molecule has 0 aliphatic rings. The largest absolute Gasteiger partial charge is 0.370 e. The maximum atomic E-state index is 11.7. The highest BCUT2D eigenvalue weighted by molar-refractivity contribution is 9.09. The van der Waals surface area contributed by atoms with Crippen LogP contribution in [0.3, 0.4) is 0 Å². The molecule has 146 valence electrons. The van der Waals surface area contributed by atoms with Crippen LogP contribution in [0.4, 0.5) is 0 Å². The van der Waals surface area contributed by atoms with E-state index in [1.54, 1.807) is 0 Å². The Bertz CT molecular complexity index is 547. The number of halogens is 1. The molecular formula is C17H25BrN2O6. The van der Waals surface area contributed by atoms with Gasteiger partial charge in [0.2, 0.25) is 11.8 Å². The standard InChI is InChI=1S/C17H25BrN2O6/c18-11-17(26)20-10-9-15(24)6-5-13(22)2-1-12(21)3-4-14(23)7-8-16(19)25/h1-11H2,(H2,19,25)(H,20,26). The monoisotopic (exact) mass is 432 g/mol. The Morgan fingerprint density at radius 1 is 0.615 bits per heavy atom. The Kier molecular flexibility index (Phi) is 13.2. The average Bonchev–Trinajstić information content (AvgIpc) is 2.60. The number of carbonyl (C=O) groups excluding carboxylic acids is 6. The first kappa shape index (κ1) is 24.1. The van der Waals surface area contributed by atoms with Gasteiger partial charge in [0, 0.05) is 64.3 Å². The quantitative estimate of drug-likeness (QED) is 0.345. The van der Waals surface area contributed by atoms with Crippen LogP contribution in [0.25, 0.3) is 0 Å². The van der Waals surface area contributed by atoms with Gasteiger partial charge in [-0.1, -0.05) is 15.9 Å². The van der Waals surface area contributed by atoms with Crippen molar-refractivity contribution >= 4 is 50.9 Å². The minimum absolute atomic E-state index is 0.0275. The summed E-state index contributed by atoms with van der Waals surface area (Å²) in [5.74, 6) is -1.48. The molecule has 0 saturated carbocycles. The number of hydrogen-bond acceptors (Lipinski definition) is 6. The molecule has 0 rings (SSSR count). The van der Waals surface area contributed by atoms with Gasteiger partial charge in [-0.3, -0.25) is 28.8 Å². The van der Waals surface area contributed by atoms with Crippen molar-refractivity contribution in [2.75, 3.05) is 11.9 Å². The Balaban J connectivity index is 3.79. The summed E-state index contributed by atoms with van der Waals surface area (Å²) in [6.45, 7) is 0.236. The van der Waals surface area contributed by atoms with Crippen molar-refractivity contribution < 1.29 is 28.8 Å². The lowest BCUT2D eigenvalue weighted by Crippen LogP contribution is -2.26. The summed E-state index contributed by atoms with van der Waals surface area (Å²) in [7, 11) is 0. The van der Waals surface area contributed by atoms with E-state index in [0.717, 1.165) is 0 Å².